The zero-order chi connectivity index (χ0) is 19.4. The van der Waals surface area contributed by atoms with Crippen LogP contribution in [-0.4, -0.2) is 45.0 Å². The molecule has 7 nitrogen and oxygen atoms in total. The minimum atomic E-state index is -0.653. The van der Waals surface area contributed by atoms with Gasteiger partial charge in [-0.3, -0.25) is 4.99 Å². The number of guanidine groups is 1. The predicted molar refractivity (Wildman–Crippen MR) is 125 cm³/mol. The van der Waals surface area contributed by atoms with E-state index in [1.54, 1.807) is 6.07 Å². The molecule has 2 unspecified atom stereocenters. The molecule has 3 heterocycles. The summed E-state index contributed by atoms with van der Waals surface area (Å²) in [6.45, 7) is 8.05. The maximum atomic E-state index is 10.3. The lowest BCUT2D eigenvalue weighted by atomic mass is 10.1. The number of thiophene rings is 1. The van der Waals surface area contributed by atoms with E-state index in [4.69, 9.17) is 11.6 Å². The number of hydrogen-bond donors (Lipinski definition) is 3. The fraction of sp³-hybridized carbons (Fsp3) is 0.611. The predicted octanol–water partition coefficient (Wildman–Crippen LogP) is 3.34. The molecule has 0 aromatic carbocycles. The Morgan fingerprint density at radius 2 is 2.25 bits per heavy atom. The molecule has 0 amide bonds. The van der Waals surface area contributed by atoms with Crippen LogP contribution in [0.2, 0.25) is 4.34 Å². The first kappa shape index (κ1) is 23.4. The molecule has 156 valence electrons. The second-order valence-electron chi connectivity index (χ2n) is 6.98. The van der Waals surface area contributed by atoms with Crippen LogP contribution in [0.5, 0.6) is 0 Å². The van der Waals surface area contributed by atoms with Crippen LogP contribution < -0.4 is 10.6 Å². The highest BCUT2D eigenvalue weighted by molar-refractivity contribution is 14.0. The molecule has 0 saturated carbocycles. The lowest BCUT2D eigenvalue weighted by molar-refractivity contribution is 0.191. The normalized spacial score (nSPS) is 17.8. The van der Waals surface area contributed by atoms with Gasteiger partial charge in [0.05, 0.1) is 17.4 Å². The molecular formula is C18H28ClIN6OS. The molecule has 2 aromatic rings. The van der Waals surface area contributed by atoms with Gasteiger partial charge in [-0.2, -0.15) is 5.10 Å². The van der Waals surface area contributed by atoms with Crippen molar-refractivity contribution in [1.29, 1.82) is 0 Å². The molecule has 28 heavy (non-hydrogen) atoms. The number of aliphatic imine (C=N–C) groups is 1. The van der Waals surface area contributed by atoms with E-state index in [0.717, 1.165) is 42.5 Å². The molecule has 2 atom stereocenters. The average molecular weight is 539 g/mol. The van der Waals surface area contributed by atoms with Gasteiger partial charge in [0.25, 0.3) is 0 Å². The number of nitrogens with zero attached hydrogens (tertiary/aromatic N) is 4. The summed E-state index contributed by atoms with van der Waals surface area (Å²) in [6, 6.07) is 3.86. The van der Waals surface area contributed by atoms with E-state index >= 15 is 0 Å². The standard InChI is InChI=1S/C18H27ClN6OS.HI/c1-4-20-18(21-9-13(26)14-6-7-15(19)27-14)22-12-5-8-16-23-17(11(2)3)24-25(16)10-12;/h6-7,11-13,26H,4-5,8-10H2,1-3H3,(H2,20,21,22);1H. The van der Waals surface area contributed by atoms with Crippen molar-refractivity contribution in [2.45, 2.75) is 58.2 Å². The van der Waals surface area contributed by atoms with Crippen molar-refractivity contribution in [2.24, 2.45) is 4.99 Å². The summed E-state index contributed by atoms with van der Waals surface area (Å²) in [5.74, 6) is 3.00. The third-order valence-electron chi connectivity index (χ3n) is 4.42. The summed E-state index contributed by atoms with van der Waals surface area (Å²) in [7, 11) is 0. The van der Waals surface area contributed by atoms with Crippen molar-refractivity contribution in [3.63, 3.8) is 0 Å². The summed E-state index contributed by atoms with van der Waals surface area (Å²) in [5, 5.41) is 21.6. The van der Waals surface area contributed by atoms with Crippen molar-refractivity contribution >= 4 is 52.9 Å². The fourth-order valence-electron chi connectivity index (χ4n) is 2.98. The monoisotopic (exact) mass is 538 g/mol. The van der Waals surface area contributed by atoms with E-state index in [0.29, 0.717) is 16.2 Å². The number of aryl methyl sites for hydroxylation is 1. The molecule has 0 fully saturated rings. The van der Waals surface area contributed by atoms with E-state index in [1.807, 2.05) is 17.7 Å². The summed E-state index contributed by atoms with van der Waals surface area (Å²) in [4.78, 5) is 10.0. The van der Waals surface area contributed by atoms with Crippen molar-refractivity contribution in [1.82, 2.24) is 25.4 Å². The van der Waals surface area contributed by atoms with Gasteiger partial charge < -0.3 is 15.7 Å². The summed E-state index contributed by atoms with van der Waals surface area (Å²) < 4.78 is 2.67. The Hall–Kier alpha value is -0.910. The Morgan fingerprint density at radius 1 is 1.46 bits per heavy atom. The lowest BCUT2D eigenvalue weighted by Crippen LogP contribution is -2.47. The summed E-state index contributed by atoms with van der Waals surface area (Å²) >= 11 is 7.32. The minimum absolute atomic E-state index is 0. The number of rotatable bonds is 6. The third-order valence-corrected chi connectivity index (χ3v) is 5.75. The molecular weight excluding hydrogens is 511 g/mol. The molecule has 0 aliphatic carbocycles. The minimum Gasteiger partial charge on any atom is -0.386 e. The second kappa shape index (κ2) is 10.7. The first-order chi connectivity index (χ1) is 13.0. The topological polar surface area (TPSA) is 87.4 Å². The number of fused-ring (bicyclic) bond motifs is 1. The molecule has 0 spiro atoms. The van der Waals surface area contributed by atoms with Gasteiger partial charge in [-0.15, -0.1) is 35.3 Å². The van der Waals surface area contributed by atoms with E-state index in [2.05, 4.69) is 39.6 Å². The van der Waals surface area contributed by atoms with Gasteiger partial charge in [-0.25, -0.2) is 9.67 Å². The summed E-state index contributed by atoms with van der Waals surface area (Å²) in [5.41, 5.74) is 0. The highest BCUT2D eigenvalue weighted by Crippen LogP contribution is 2.27. The van der Waals surface area contributed by atoms with Crippen LogP contribution in [0.25, 0.3) is 0 Å². The Morgan fingerprint density at radius 3 is 2.89 bits per heavy atom. The quantitative estimate of drug-likeness (QED) is 0.298. The molecule has 10 heteroatoms. The number of hydrogen-bond acceptors (Lipinski definition) is 5. The molecule has 3 N–H and O–H groups in total. The summed E-state index contributed by atoms with van der Waals surface area (Å²) in [6.07, 6.45) is 1.22. The van der Waals surface area contributed by atoms with Crippen molar-refractivity contribution in [2.75, 3.05) is 13.1 Å². The molecule has 0 radical (unpaired) electrons. The van der Waals surface area contributed by atoms with Crippen molar-refractivity contribution in [3.8, 4) is 0 Å². The first-order valence-corrected chi connectivity index (χ1v) is 10.6. The molecule has 3 rings (SSSR count). The van der Waals surface area contributed by atoms with Gasteiger partial charge in [0.1, 0.15) is 11.9 Å². The SMILES string of the molecule is CCNC(=NCC(O)c1ccc(Cl)s1)NC1CCc2nc(C(C)C)nn2C1.I. The van der Waals surface area contributed by atoms with Crippen LogP contribution in [0.1, 0.15) is 55.7 Å². The van der Waals surface area contributed by atoms with E-state index in [-0.39, 0.29) is 36.6 Å². The van der Waals surface area contributed by atoms with Gasteiger partial charge in [-0.1, -0.05) is 25.4 Å². The molecule has 1 aliphatic rings. The van der Waals surface area contributed by atoms with Crippen LogP contribution in [0.15, 0.2) is 17.1 Å². The van der Waals surface area contributed by atoms with Gasteiger partial charge in [0.2, 0.25) is 0 Å². The molecule has 1 aliphatic heterocycles. The number of aliphatic hydroxyl groups is 1. The number of nitrogens with one attached hydrogen (secondary N) is 2. The second-order valence-corrected chi connectivity index (χ2v) is 8.73. The van der Waals surface area contributed by atoms with Gasteiger partial charge in [-0.05, 0) is 25.5 Å². The highest BCUT2D eigenvalue weighted by Gasteiger charge is 2.23. The van der Waals surface area contributed by atoms with Gasteiger partial charge in [0, 0.05) is 29.8 Å². The Labute approximate surface area is 192 Å². The van der Waals surface area contributed by atoms with Crippen LogP contribution >= 0.6 is 46.9 Å². The zero-order valence-corrected chi connectivity index (χ0v) is 20.3. The number of aromatic nitrogens is 3. The van der Waals surface area contributed by atoms with Gasteiger partial charge in [0.15, 0.2) is 11.8 Å². The van der Waals surface area contributed by atoms with Gasteiger partial charge >= 0.3 is 0 Å². The Bertz CT molecular complexity index is 793. The average Bonchev–Trinajstić information content (AvgIpc) is 3.25. The molecule has 0 bridgehead atoms. The van der Waals surface area contributed by atoms with Crippen LogP contribution in [0, 0.1) is 0 Å². The maximum Gasteiger partial charge on any atom is 0.191 e. The van der Waals surface area contributed by atoms with Crippen molar-refractivity contribution < 1.29 is 5.11 Å². The highest BCUT2D eigenvalue weighted by atomic mass is 127. The van der Waals surface area contributed by atoms with E-state index < -0.39 is 6.10 Å². The van der Waals surface area contributed by atoms with Crippen LogP contribution in [0.4, 0.5) is 0 Å². The smallest absolute Gasteiger partial charge is 0.191 e. The Kier molecular flexibility index (Phi) is 8.97. The van der Waals surface area contributed by atoms with E-state index in [1.165, 1.54) is 11.3 Å². The Balaban J connectivity index is 0.00000280. The fourth-order valence-corrected chi connectivity index (χ4v) is 4.02. The number of aliphatic hydroxyl groups excluding tert-OH is 1. The van der Waals surface area contributed by atoms with E-state index in [9.17, 15) is 5.11 Å². The first-order valence-electron chi connectivity index (χ1n) is 9.38. The molecule has 0 saturated heterocycles. The zero-order valence-electron chi connectivity index (χ0n) is 16.4. The largest absolute Gasteiger partial charge is 0.386 e. The van der Waals surface area contributed by atoms with Crippen LogP contribution in [0.3, 0.4) is 0 Å². The third kappa shape index (κ3) is 6.04. The van der Waals surface area contributed by atoms with Crippen LogP contribution in [-0.2, 0) is 13.0 Å². The van der Waals surface area contributed by atoms with Crippen molar-refractivity contribution in [3.05, 3.63) is 33.0 Å². The number of halogens is 2. The lowest BCUT2D eigenvalue weighted by Gasteiger charge is -2.25. The maximum absolute atomic E-state index is 10.3. The molecule has 2 aromatic heterocycles.